The Morgan fingerprint density at radius 3 is 2.82 bits per heavy atom. The fourth-order valence-electron chi connectivity index (χ4n) is 1.59. The van der Waals surface area contributed by atoms with Crippen LogP contribution in [-0.2, 0) is 4.79 Å². The molecule has 4 heteroatoms. The molecule has 4 nitrogen and oxygen atoms in total. The van der Waals surface area contributed by atoms with Crippen molar-refractivity contribution in [3.8, 4) is 0 Å². The number of hydrogen-bond acceptors (Lipinski definition) is 3. The fourth-order valence-corrected chi connectivity index (χ4v) is 1.59. The third-order valence-electron chi connectivity index (χ3n) is 2.53. The number of carbonyl (C=O) groups excluding carboxylic acids is 1. The molecule has 88 valence electrons. The van der Waals surface area contributed by atoms with Gasteiger partial charge in [-0.25, -0.2) is 0 Å². The average molecular weight is 229 g/mol. The second kappa shape index (κ2) is 4.51. The lowest BCUT2D eigenvalue weighted by Gasteiger charge is -2.10. The molecule has 3 N–H and O–H groups in total. The zero-order valence-electron chi connectivity index (χ0n) is 9.90. The van der Waals surface area contributed by atoms with Crippen LogP contribution in [0.3, 0.4) is 0 Å². The highest BCUT2D eigenvalue weighted by atomic mass is 16.2. The molecule has 2 rings (SSSR count). The van der Waals surface area contributed by atoms with E-state index < -0.39 is 6.04 Å². The van der Waals surface area contributed by atoms with E-state index in [9.17, 15) is 4.79 Å². The van der Waals surface area contributed by atoms with Crippen LogP contribution in [0.5, 0.6) is 0 Å². The van der Waals surface area contributed by atoms with Gasteiger partial charge in [0, 0.05) is 11.1 Å². The second-order valence-electron chi connectivity index (χ2n) is 4.11. The molecular weight excluding hydrogens is 214 g/mol. The number of anilines is 1. The molecule has 17 heavy (non-hydrogen) atoms. The van der Waals surface area contributed by atoms with Crippen LogP contribution in [0.25, 0.3) is 10.9 Å². The highest BCUT2D eigenvalue weighted by Gasteiger charge is 2.10. The molecule has 0 saturated carbocycles. The molecule has 0 aliphatic heterocycles. The number of rotatable bonds is 2. The molecule has 2 aromatic rings. The lowest BCUT2D eigenvalue weighted by molar-refractivity contribution is -0.117. The van der Waals surface area contributed by atoms with E-state index in [0.717, 1.165) is 16.6 Å². The Bertz CT molecular complexity index is 564. The highest BCUT2D eigenvalue weighted by Crippen LogP contribution is 2.21. The van der Waals surface area contributed by atoms with Crippen LogP contribution in [0.15, 0.2) is 30.3 Å². The number of nitrogens with one attached hydrogen (secondary N) is 1. The maximum absolute atomic E-state index is 11.6. The number of nitrogens with zero attached hydrogens (tertiary/aromatic N) is 1. The maximum Gasteiger partial charge on any atom is 0.241 e. The average Bonchev–Trinajstić information content (AvgIpc) is 2.29. The van der Waals surface area contributed by atoms with Gasteiger partial charge in [-0.15, -0.1) is 0 Å². The van der Waals surface area contributed by atoms with Crippen LogP contribution in [0.4, 0.5) is 5.69 Å². The van der Waals surface area contributed by atoms with E-state index >= 15 is 0 Å². The molecule has 1 aromatic carbocycles. The molecule has 0 bridgehead atoms. The monoisotopic (exact) mass is 229 g/mol. The van der Waals surface area contributed by atoms with Crippen LogP contribution in [-0.4, -0.2) is 16.9 Å². The van der Waals surface area contributed by atoms with Crippen LogP contribution in [0.2, 0.25) is 0 Å². The summed E-state index contributed by atoms with van der Waals surface area (Å²) in [5.41, 5.74) is 7.94. The number of nitrogens with two attached hydrogens (primary N) is 1. The van der Waals surface area contributed by atoms with Crippen LogP contribution < -0.4 is 11.1 Å². The molecule has 1 aromatic heterocycles. The zero-order valence-corrected chi connectivity index (χ0v) is 9.90. The van der Waals surface area contributed by atoms with Crippen molar-refractivity contribution in [2.75, 3.05) is 5.32 Å². The van der Waals surface area contributed by atoms with E-state index in [2.05, 4.69) is 10.3 Å². The van der Waals surface area contributed by atoms with Crippen LogP contribution in [0, 0.1) is 6.92 Å². The van der Waals surface area contributed by atoms with Crippen molar-refractivity contribution in [2.45, 2.75) is 19.9 Å². The van der Waals surface area contributed by atoms with Gasteiger partial charge in [-0.05, 0) is 26.0 Å². The number of aromatic nitrogens is 1. The van der Waals surface area contributed by atoms with Crippen molar-refractivity contribution in [3.63, 3.8) is 0 Å². The number of pyridine rings is 1. The summed E-state index contributed by atoms with van der Waals surface area (Å²) in [7, 11) is 0. The van der Waals surface area contributed by atoms with Crippen molar-refractivity contribution >= 4 is 22.5 Å². The van der Waals surface area contributed by atoms with E-state index in [-0.39, 0.29) is 5.91 Å². The van der Waals surface area contributed by atoms with Crippen molar-refractivity contribution in [3.05, 3.63) is 36.0 Å². The summed E-state index contributed by atoms with van der Waals surface area (Å²) in [5.74, 6) is -0.208. The molecule has 0 saturated heterocycles. The van der Waals surface area contributed by atoms with Gasteiger partial charge in [-0.1, -0.05) is 18.2 Å². The number of carbonyl (C=O) groups is 1. The lowest BCUT2D eigenvalue weighted by Crippen LogP contribution is -2.32. The summed E-state index contributed by atoms with van der Waals surface area (Å²) in [6.45, 7) is 3.57. The quantitative estimate of drug-likeness (QED) is 0.825. The molecule has 0 fully saturated rings. The molecule has 0 aliphatic rings. The molecule has 0 unspecified atom stereocenters. The van der Waals surface area contributed by atoms with E-state index in [1.54, 1.807) is 6.92 Å². The van der Waals surface area contributed by atoms with Gasteiger partial charge in [-0.2, -0.15) is 0 Å². The van der Waals surface area contributed by atoms with Gasteiger partial charge in [0.05, 0.1) is 17.2 Å². The standard InChI is InChI=1S/C13H15N3O/c1-8-6-7-10-4-3-5-11(12(10)15-8)16-13(17)9(2)14/h3-7,9H,14H2,1-2H3,(H,16,17)/t9-/m1/s1. The van der Waals surface area contributed by atoms with E-state index in [1.807, 2.05) is 37.3 Å². The minimum Gasteiger partial charge on any atom is -0.323 e. The van der Waals surface area contributed by atoms with E-state index in [0.29, 0.717) is 5.69 Å². The number of hydrogen-bond donors (Lipinski definition) is 2. The minimum atomic E-state index is -0.532. The molecule has 1 atom stereocenters. The smallest absolute Gasteiger partial charge is 0.241 e. The van der Waals surface area contributed by atoms with Gasteiger partial charge >= 0.3 is 0 Å². The first-order chi connectivity index (χ1) is 8.08. The van der Waals surface area contributed by atoms with E-state index in [4.69, 9.17) is 5.73 Å². The summed E-state index contributed by atoms with van der Waals surface area (Å²) < 4.78 is 0. The summed E-state index contributed by atoms with van der Waals surface area (Å²) in [6, 6.07) is 9.07. The molecule has 1 heterocycles. The first kappa shape index (κ1) is 11.5. The SMILES string of the molecule is Cc1ccc2cccc(NC(=O)[C@@H](C)N)c2n1. The molecule has 1 amide bonds. The molecule has 0 spiro atoms. The van der Waals surface area contributed by atoms with Crippen LogP contribution in [0.1, 0.15) is 12.6 Å². The van der Waals surface area contributed by atoms with Crippen molar-refractivity contribution in [2.24, 2.45) is 5.73 Å². The first-order valence-corrected chi connectivity index (χ1v) is 5.51. The molecule has 0 radical (unpaired) electrons. The zero-order chi connectivity index (χ0) is 12.4. The largest absolute Gasteiger partial charge is 0.323 e. The first-order valence-electron chi connectivity index (χ1n) is 5.51. The Kier molecular flexibility index (Phi) is 3.06. The van der Waals surface area contributed by atoms with Gasteiger partial charge in [0.2, 0.25) is 5.91 Å². The Balaban J connectivity index is 2.46. The summed E-state index contributed by atoms with van der Waals surface area (Å²) >= 11 is 0. The van der Waals surface area contributed by atoms with Crippen molar-refractivity contribution in [1.29, 1.82) is 0 Å². The Hall–Kier alpha value is -1.94. The number of aryl methyl sites for hydroxylation is 1. The van der Waals surface area contributed by atoms with Crippen LogP contribution >= 0.6 is 0 Å². The minimum absolute atomic E-state index is 0.208. The molecular formula is C13H15N3O. The lowest BCUT2D eigenvalue weighted by atomic mass is 10.1. The Morgan fingerprint density at radius 2 is 2.12 bits per heavy atom. The van der Waals surface area contributed by atoms with Gasteiger partial charge < -0.3 is 11.1 Å². The summed E-state index contributed by atoms with van der Waals surface area (Å²) in [6.07, 6.45) is 0. The topological polar surface area (TPSA) is 68.0 Å². The summed E-state index contributed by atoms with van der Waals surface area (Å²) in [5, 5.41) is 3.78. The highest BCUT2D eigenvalue weighted by molar-refractivity contribution is 6.02. The third kappa shape index (κ3) is 2.42. The summed E-state index contributed by atoms with van der Waals surface area (Å²) in [4.78, 5) is 16.0. The Labute approximate surface area is 99.8 Å². The second-order valence-corrected chi connectivity index (χ2v) is 4.11. The van der Waals surface area contributed by atoms with Crippen molar-refractivity contribution < 1.29 is 4.79 Å². The Morgan fingerprint density at radius 1 is 1.35 bits per heavy atom. The predicted molar refractivity (Wildman–Crippen MR) is 68.8 cm³/mol. The number of para-hydroxylation sites is 1. The number of amides is 1. The predicted octanol–water partition coefficient (Wildman–Crippen LogP) is 1.83. The number of fused-ring (bicyclic) bond motifs is 1. The van der Waals surface area contributed by atoms with E-state index in [1.165, 1.54) is 0 Å². The maximum atomic E-state index is 11.6. The van der Waals surface area contributed by atoms with Crippen molar-refractivity contribution in [1.82, 2.24) is 4.98 Å². The third-order valence-corrected chi connectivity index (χ3v) is 2.53. The fraction of sp³-hybridized carbons (Fsp3) is 0.231. The number of benzene rings is 1. The van der Waals surface area contributed by atoms with Gasteiger partial charge in [0.1, 0.15) is 0 Å². The van der Waals surface area contributed by atoms with Gasteiger partial charge in [0.25, 0.3) is 0 Å². The normalized spacial score (nSPS) is 12.4. The van der Waals surface area contributed by atoms with Gasteiger partial charge in [-0.3, -0.25) is 9.78 Å². The van der Waals surface area contributed by atoms with Gasteiger partial charge in [0.15, 0.2) is 0 Å². The molecule has 0 aliphatic carbocycles.